The van der Waals surface area contributed by atoms with Crippen molar-refractivity contribution < 1.29 is 0 Å². The number of piperidine rings is 1. The highest BCUT2D eigenvalue weighted by Crippen LogP contribution is 2.34. The van der Waals surface area contributed by atoms with E-state index in [0.717, 1.165) is 23.8 Å². The van der Waals surface area contributed by atoms with Gasteiger partial charge in [0.2, 0.25) is 0 Å². The first-order valence-corrected chi connectivity index (χ1v) is 8.09. The van der Waals surface area contributed by atoms with E-state index in [1.54, 1.807) is 0 Å². The normalized spacial score (nSPS) is 35.0. The van der Waals surface area contributed by atoms with E-state index in [9.17, 15) is 0 Å². The molecule has 2 nitrogen and oxygen atoms in total. The average Bonchev–Trinajstić information content (AvgIpc) is 2.39. The van der Waals surface area contributed by atoms with Crippen LogP contribution in [0.3, 0.4) is 0 Å². The third-order valence-electron chi connectivity index (χ3n) is 5.19. The van der Waals surface area contributed by atoms with Crippen LogP contribution in [-0.2, 0) is 0 Å². The van der Waals surface area contributed by atoms with Crippen LogP contribution in [-0.4, -0.2) is 37.6 Å². The molecule has 0 aromatic rings. The molecule has 0 bridgehead atoms. The Balaban J connectivity index is 1.86. The van der Waals surface area contributed by atoms with Gasteiger partial charge in [0.25, 0.3) is 0 Å². The quantitative estimate of drug-likeness (QED) is 0.827. The highest BCUT2D eigenvalue weighted by molar-refractivity contribution is 4.85. The summed E-state index contributed by atoms with van der Waals surface area (Å²) in [6.45, 7) is 8.73. The molecule has 0 radical (unpaired) electrons. The summed E-state index contributed by atoms with van der Waals surface area (Å²) in [5, 5.41) is 3.36. The lowest BCUT2D eigenvalue weighted by molar-refractivity contribution is 0.0732. The van der Waals surface area contributed by atoms with E-state index in [1.165, 1.54) is 58.2 Å². The number of hydrogen-bond acceptors (Lipinski definition) is 2. The summed E-state index contributed by atoms with van der Waals surface area (Å²) in [7, 11) is 2.09. The molecule has 2 rings (SSSR count). The average molecular weight is 252 g/mol. The Morgan fingerprint density at radius 1 is 1.17 bits per heavy atom. The van der Waals surface area contributed by atoms with Crippen molar-refractivity contribution in [3.05, 3.63) is 0 Å². The molecule has 1 aliphatic heterocycles. The summed E-state index contributed by atoms with van der Waals surface area (Å²) in [6, 6.07) is 0.894. The third kappa shape index (κ3) is 3.71. The second-order valence-corrected chi connectivity index (χ2v) is 6.89. The van der Waals surface area contributed by atoms with Crippen molar-refractivity contribution in [3.8, 4) is 0 Å². The van der Waals surface area contributed by atoms with Gasteiger partial charge in [0.15, 0.2) is 0 Å². The standard InChI is InChI=1S/C16H32N2/c1-13(2)15-7-4-8-16(10-15)18-9-5-6-14(12-18)11-17-3/h13-17H,4-12H2,1-3H3. The van der Waals surface area contributed by atoms with Crippen molar-refractivity contribution in [1.29, 1.82) is 0 Å². The maximum absolute atomic E-state index is 3.36. The molecule has 1 saturated heterocycles. The van der Waals surface area contributed by atoms with E-state index in [0.29, 0.717) is 0 Å². The van der Waals surface area contributed by atoms with Gasteiger partial charge in [-0.25, -0.2) is 0 Å². The molecule has 1 aliphatic carbocycles. The minimum Gasteiger partial charge on any atom is -0.319 e. The van der Waals surface area contributed by atoms with Crippen LogP contribution in [0.25, 0.3) is 0 Å². The van der Waals surface area contributed by atoms with Gasteiger partial charge < -0.3 is 10.2 Å². The second kappa shape index (κ2) is 6.91. The van der Waals surface area contributed by atoms with Gasteiger partial charge in [-0.1, -0.05) is 26.7 Å². The summed E-state index contributed by atoms with van der Waals surface area (Å²) < 4.78 is 0. The molecule has 3 atom stereocenters. The molecule has 106 valence electrons. The molecule has 18 heavy (non-hydrogen) atoms. The van der Waals surface area contributed by atoms with Crippen LogP contribution in [0.2, 0.25) is 0 Å². The SMILES string of the molecule is CNCC1CCCN(C2CCCC(C(C)C)C2)C1. The van der Waals surface area contributed by atoms with E-state index in [4.69, 9.17) is 0 Å². The smallest absolute Gasteiger partial charge is 0.00981 e. The Bertz CT molecular complexity index is 237. The van der Waals surface area contributed by atoms with Gasteiger partial charge in [-0.15, -0.1) is 0 Å². The molecule has 1 N–H and O–H groups in total. The summed E-state index contributed by atoms with van der Waals surface area (Å²) in [5.41, 5.74) is 0. The van der Waals surface area contributed by atoms with E-state index in [2.05, 4.69) is 31.1 Å². The minimum atomic E-state index is 0.880. The molecule has 0 amide bonds. The third-order valence-corrected chi connectivity index (χ3v) is 5.19. The molecule has 3 unspecified atom stereocenters. The zero-order chi connectivity index (χ0) is 13.0. The van der Waals surface area contributed by atoms with Crippen molar-refractivity contribution in [2.45, 2.75) is 58.4 Å². The molecule has 0 aromatic heterocycles. The van der Waals surface area contributed by atoms with Crippen molar-refractivity contribution in [2.75, 3.05) is 26.7 Å². The number of rotatable bonds is 4. The molecule has 0 aromatic carbocycles. The molecule has 1 heterocycles. The Kier molecular flexibility index (Phi) is 5.50. The summed E-state index contributed by atoms with van der Waals surface area (Å²) in [4.78, 5) is 2.82. The van der Waals surface area contributed by atoms with Gasteiger partial charge in [0, 0.05) is 12.6 Å². The monoisotopic (exact) mass is 252 g/mol. The van der Waals surface area contributed by atoms with Crippen LogP contribution in [0, 0.1) is 17.8 Å². The predicted molar refractivity (Wildman–Crippen MR) is 78.8 cm³/mol. The lowest BCUT2D eigenvalue weighted by Gasteiger charge is -2.42. The van der Waals surface area contributed by atoms with Gasteiger partial charge in [-0.05, 0) is 63.6 Å². The van der Waals surface area contributed by atoms with Gasteiger partial charge >= 0.3 is 0 Å². The second-order valence-electron chi connectivity index (χ2n) is 6.89. The van der Waals surface area contributed by atoms with Crippen molar-refractivity contribution in [1.82, 2.24) is 10.2 Å². The Morgan fingerprint density at radius 3 is 2.72 bits per heavy atom. The molecular formula is C16H32N2. The zero-order valence-electron chi connectivity index (χ0n) is 12.6. The van der Waals surface area contributed by atoms with Gasteiger partial charge in [-0.2, -0.15) is 0 Å². The van der Waals surface area contributed by atoms with Gasteiger partial charge in [-0.3, -0.25) is 0 Å². The zero-order valence-corrected chi connectivity index (χ0v) is 12.6. The minimum absolute atomic E-state index is 0.880. The van der Waals surface area contributed by atoms with Gasteiger partial charge in [0.1, 0.15) is 0 Å². The fourth-order valence-corrected chi connectivity index (χ4v) is 4.02. The topological polar surface area (TPSA) is 15.3 Å². The molecular weight excluding hydrogens is 220 g/mol. The van der Waals surface area contributed by atoms with E-state index in [1.807, 2.05) is 0 Å². The van der Waals surface area contributed by atoms with Crippen molar-refractivity contribution in [2.24, 2.45) is 17.8 Å². The summed E-state index contributed by atoms with van der Waals surface area (Å²) in [6.07, 6.45) is 8.69. The predicted octanol–water partition coefficient (Wildman–Crippen LogP) is 3.13. The summed E-state index contributed by atoms with van der Waals surface area (Å²) in [5.74, 6) is 2.75. The fourth-order valence-electron chi connectivity index (χ4n) is 4.02. The Morgan fingerprint density at radius 2 is 2.00 bits per heavy atom. The van der Waals surface area contributed by atoms with Crippen LogP contribution in [0.15, 0.2) is 0 Å². The largest absolute Gasteiger partial charge is 0.319 e. The molecule has 2 heteroatoms. The number of likely N-dealkylation sites (tertiary alicyclic amines) is 1. The lowest BCUT2D eigenvalue weighted by atomic mass is 9.78. The Hall–Kier alpha value is -0.0800. The number of hydrogen-bond donors (Lipinski definition) is 1. The molecule has 2 aliphatic rings. The van der Waals surface area contributed by atoms with Crippen LogP contribution < -0.4 is 5.32 Å². The number of nitrogens with one attached hydrogen (secondary N) is 1. The van der Waals surface area contributed by atoms with E-state index >= 15 is 0 Å². The molecule has 0 spiro atoms. The first-order chi connectivity index (χ1) is 8.70. The van der Waals surface area contributed by atoms with Crippen LogP contribution in [0.1, 0.15) is 52.4 Å². The first kappa shape index (κ1) is 14.3. The molecule has 2 fully saturated rings. The van der Waals surface area contributed by atoms with Crippen LogP contribution in [0.4, 0.5) is 0 Å². The maximum atomic E-state index is 3.36. The van der Waals surface area contributed by atoms with Crippen molar-refractivity contribution in [3.63, 3.8) is 0 Å². The fraction of sp³-hybridized carbons (Fsp3) is 1.00. The lowest BCUT2D eigenvalue weighted by Crippen LogP contribution is -2.46. The van der Waals surface area contributed by atoms with E-state index < -0.39 is 0 Å². The van der Waals surface area contributed by atoms with Crippen LogP contribution >= 0.6 is 0 Å². The van der Waals surface area contributed by atoms with Crippen molar-refractivity contribution >= 4 is 0 Å². The highest BCUT2D eigenvalue weighted by atomic mass is 15.2. The Labute approximate surface area is 114 Å². The highest BCUT2D eigenvalue weighted by Gasteiger charge is 2.30. The maximum Gasteiger partial charge on any atom is 0.00981 e. The molecule has 1 saturated carbocycles. The number of nitrogens with zero attached hydrogens (tertiary/aromatic N) is 1. The summed E-state index contributed by atoms with van der Waals surface area (Å²) >= 11 is 0. The first-order valence-electron chi connectivity index (χ1n) is 8.09. The van der Waals surface area contributed by atoms with E-state index in [-0.39, 0.29) is 0 Å². The van der Waals surface area contributed by atoms with Crippen LogP contribution in [0.5, 0.6) is 0 Å². The van der Waals surface area contributed by atoms with Gasteiger partial charge in [0.05, 0.1) is 0 Å².